The molecule has 0 spiro atoms. The molecule has 0 aromatic carbocycles. The number of nitrogens with one attached hydrogen (secondary N) is 4. The molecular formula is C101H178N4O45. The predicted octanol–water partition coefficient (Wildman–Crippen LogP) is -3.50. The molecule has 4 amide bonds. The molecule has 0 aromatic heterocycles. The Morgan fingerprint density at radius 2 is 0.713 bits per heavy atom. The minimum absolute atomic E-state index is 0.128. The van der Waals surface area contributed by atoms with Crippen LogP contribution in [0.4, 0.5) is 0 Å². The minimum Gasteiger partial charge on any atom is -0.477 e. The Hall–Kier alpha value is -4.73. The van der Waals surface area contributed by atoms with Gasteiger partial charge in [0, 0.05) is 33.6 Å². The summed E-state index contributed by atoms with van der Waals surface area (Å²) in [5.41, 5.74) is 0. The molecule has 8 heterocycles. The molecule has 49 nitrogen and oxygen atoms in total. The molecule has 872 valence electrons. The average Bonchev–Trinajstić information content (AvgIpc) is 0.757. The molecule has 8 aliphatic heterocycles. The summed E-state index contributed by atoms with van der Waals surface area (Å²) in [7, 11) is 0. The van der Waals surface area contributed by atoms with E-state index >= 15 is 0 Å². The molecule has 49 heteroatoms. The standard InChI is InChI=1S/C101H178N4O45/c1-7-9-11-13-15-17-19-21-22-23-24-25-26-27-28-29-30-32-34-36-38-40-42-44-68(119)105-58(59(116)43-41-39-37-35-33-31-20-18-16-14-12-10-8-2)53-135-95-81(129)79(127)86(66(51-111)142-95)144-97-82(130)91(75(123)62(47-107)137-97)148-94-71(104-57(6)115)89(146-96-80(128)78(126)72(120)54(3)136-96)87(67(52-112)141-94)145-98-83(131)90(74(122)63(48-108)138-98)147-93-70(103-56(5)114)77(125)85(65(50-110)140-93)143-99-84(132)92(76(124)64(49-109)139-99)150-101(100(133)134)45-60(117)69(102-55(4)113)88(149-101)73(121)61(118)46-106/h21-22,41,43,54,58-67,69-99,106-112,116-118,120-132H,7-20,23-40,42,44-53H2,1-6H3,(H,102,113)(H,103,114)(H,104,115)(H,105,119)(H,133,134)/b22-21-,43-41+/t54?,58-,59+,60?,61+,62?,63?,64?,65?,66?,67?,69+,70?,71?,72+,73+,74-,75-,76-,77+,78?,79+,80-,81?,82?,83?,84?,85+,86+,87+,88?,89+,90-,91-,92-,93-,94-,95+,96+,97-,98-,99-,101-/m0/s1. The van der Waals surface area contributed by atoms with Crippen LogP contribution in [0.1, 0.15) is 266 Å². The van der Waals surface area contributed by atoms with Crippen LogP contribution >= 0.6 is 0 Å². The van der Waals surface area contributed by atoms with Gasteiger partial charge in [-0.25, -0.2) is 4.79 Å². The van der Waals surface area contributed by atoms with Crippen molar-refractivity contribution in [2.75, 3.05) is 52.9 Å². The van der Waals surface area contributed by atoms with Crippen LogP contribution in [0, 0.1) is 0 Å². The van der Waals surface area contributed by atoms with Gasteiger partial charge < -0.3 is 220 Å². The summed E-state index contributed by atoms with van der Waals surface area (Å²) < 4.78 is 96.8. The number of carbonyl (C=O) groups is 5. The molecular weight excluding hydrogens is 1990 g/mol. The van der Waals surface area contributed by atoms with E-state index < -0.39 is 346 Å². The van der Waals surface area contributed by atoms with Crippen LogP contribution in [0.2, 0.25) is 0 Å². The topological polar surface area (TPSA) is 767 Å². The van der Waals surface area contributed by atoms with Crippen LogP contribution in [0.25, 0.3) is 0 Å². The van der Waals surface area contributed by atoms with Gasteiger partial charge in [0.1, 0.15) is 183 Å². The quantitative estimate of drug-likeness (QED) is 0.0207. The Labute approximate surface area is 876 Å². The van der Waals surface area contributed by atoms with Gasteiger partial charge in [-0.2, -0.15) is 0 Å². The number of unbranched alkanes of at least 4 members (excludes halogenated alkanes) is 30. The molecule has 0 aliphatic carbocycles. The van der Waals surface area contributed by atoms with E-state index in [1.165, 1.54) is 135 Å². The van der Waals surface area contributed by atoms with Crippen molar-refractivity contribution in [1.29, 1.82) is 0 Å². The van der Waals surface area contributed by atoms with Crippen molar-refractivity contribution in [1.82, 2.24) is 21.3 Å². The first kappa shape index (κ1) is 130. The van der Waals surface area contributed by atoms with Crippen LogP contribution in [-0.2, 0) is 99.8 Å². The zero-order valence-electron chi connectivity index (χ0n) is 87.3. The molecule has 8 saturated heterocycles. The number of ether oxygens (including phenoxy) is 16. The normalized spacial score (nSPS) is 37.4. The van der Waals surface area contributed by atoms with Crippen LogP contribution in [-0.4, -0.2) is 468 Å². The second-order valence-electron chi connectivity index (χ2n) is 40.9. The summed E-state index contributed by atoms with van der Waals surface area (Å²) in [5.74, 6) is -8.64. The molecule has 8 rings (SSSR count). The van der Waals surface area contributed by atoms with Crippen molar-refractivity contribution in [2.45, 2.75) is 529 Å². The number of allylic oxidation sites excluding steroid dienone is 3. The number of carbonyl (C=O) groups excluding carboxylic acids is 4. The number of aliphatic hydroxyl groups is 23. The number of carboxylic acid groups (broad SMARTS) is 1. The van der Waals surface area contributed by atoms with E-state index in [0.29, 0.717) is 12.8 Å². The number of hydrogen-bond donors (Lipinski definition) is 28. The van der Waals surface area contributed by atoms with Gasteiger partial charge in [0.25, 0.3) is 5.79 Å². The molecule has 16 unspecified atom stereocenters. The Bertz CT molecular complexity index is 3830. The van der Waals surface area contributed by atoms with Crippen LogP contribution < -0.4 is 21.3 Å². The molecule has 0 saturated carbocycles. The Morgan fingerprint density at radius 3 is 1.15 bits per heavy atom. The fraction of sp³-hybridized carbons (Fsp3) is 0.911. The highest BCUT2D eigenvalue weighted by Crippen LogP contribution is 2.43. The fourth-order valence-corrected chi connectivity index (χ4v) is 20.2. The predicted molar refractivity (Wildman–Crippen MR) is 523 cm³/mol. The summed E-state index contributed by atoms with van der Waals surface area (Å²) >= 11 is 0. The summed E-state index contributed by atoms with van der Waals surface area (Å²) in [4.78, 5) is 66.2. The third-order valence-corrected chi connectivity index (χ3v) is 28.9. The molecule has 0 aromatic rings. The molecule has 28 N–H and O–H groups in total. The third kappa shape index (κ3) is 38.3. The first-order valence-electron chi connectivity index (χ1n) is 54.1. The first-order valence-corrected chi connectivity index (χ1v) is 54.1. The number of carboxylic acids is 1. The second-order valence-corrected chi connectivity index (χ2v) is 40.9. The Morgan fingerprint density at radius 1 is 0.360 bits per heavy atom. The SMILES string of the molecule is CCCCCCCC/C=C\CCCCCCCCCCCCCCCC(=O)N[C@@H](CO[C@@H]1OC(CO)[C@@H](O[C@@H]2OC(CO)[C@H](O)[C@H](O[C@@H]3OC(CO)[C@@H](O[C@@H]4OC(CO)[C@H](O)[C@H](O[C@@H]5OC(CO)[C@@H](O[C@@H]6OC(CO)[C@H](O)[C@H](O[C@]7(C(=O)O)CC(O)[C@@H](NC(C)=O)C([C@H](O)[C@H](O)CO)O7)C6O)[C@H](O)C5NC(C)=O)C4O)[C@H](O[C@H]4OC(C)[C@@H](O)C(O)[C@@H]4O)C3NC(C)=O)C2O)[C@H](O)C1O)[C@H](O)/C=C/CCCCCCCCCCCCC. The van der Waals surface area contributed by atoms with Crippen molar-refractivity contribution >= 4 is 29.6 Å². The summed E-state index contributed by atoms with van der Waals surface area (Å²) in [6.07, 6.45) is -35.3. The summed E-state index contributed by atoms with van der Waals surface area (Å²) in [6, 6.07) is -6.93. The lowest BCUT2D eigenvalue weighted by atomic mass is 9.88. The third-order valence-electron chi connectivity index (χ3n) is 28.9. The zero-order chi connectivity index (χ0) is 110. The van der Waals surface area contributed by atoms with E-state index in [4.69, 9.17) is 75.8 Å². The maximum Gasteiger partial charge on any atom is 0.364 e. The van der Waals surface area contributed by atoms with Gasteiger partial charge in [-0.3, -0.25) is 19.2 Å². The molecule has 0 radical (unpaired) electrons. The number of aliphatic carboxylic acids is 1. The van der Waals surface area contributed by atoms with Crippen LogP contribution in [0.3, 0.4) is 0 Å². The highest BCUT2D eigenvalue weighted by Gasteiger charge is 2.64. The van der Waals surface area contributed by atoms with Gasteiger partial charge in [0.2, 0.25) is 23.6 Å². The van der Waals surface area contributed by atoms with Gasteiger partial charge in [-0.05, 0) is 51.9 Å². The maximum atomic E-state index is 13.8. The lowest BCUT2D eigenvalue weighted by molar-refractivity contribution is -0.398. The lowest BCUT2D eigenvalue weighted by Crippen LogP contribution is -2.72. The number of aliphatic hydroxyl groups excluding tert-OH is 23. The van der Waals surface area contributed by atoms with Crippen molar-refractivity contribution in [2.24, 2.45) is 0 Å². The Kier molecular flexibility index (Phi) is 58.8. The van der Waals surface area contributed by atoms with E-state index in [0.717, 1.165) is 91.4 Å². The van der Waals surface area contributed by atoms with E-state index in [2.05, 4.69) is 47.3 Å². The molecule has 8 aliphatic rings. The smallest absolute Gasteiger partial charge is 0.364 e. The second kappa shape index (κ2) is 67.6. The van der Waals surface area contributed by atoms with Gasteiger partial charge in [0.05, 0.1) is 83.3 Å². The van der Waals surface area contributed by atoms with E-state index in [-0.39, 0.29) is 12.3 Å². The first-order chi connectivity index (χ1) is 71.8. The largest absolute Gasteiger partial charge is 0.477 e. The molecule has 8 fully saturated rings. The minimum atomic E-state index is -3.28. The van der Waals surface area contributed by atoms with Crippen molar-refractivity contribution in [3.63, 3.8) is 0 Å². The maximum absolute atomic E-state index is 13.8. The van der Waals surface area contributed by atoms with E-state index in [1.807, 2.05) is 6.08 Å². The van der Waals surface area contributed by atoms with Gasteiger partial charge >= 0.3 is 5.97 Å². The highest BCUT2D eigenvalue weighted by atomic mass is 16.8. The summed E-state index contributed by atoms with van der Waals surface area (Å²) in [5, 5.41) is 283. The molecule has 150 heavy (non-hydrogen) atoms. The van der Waals surface area contributed by atoms with Gasteiger partial charge in [-0.15, -0.1) is 0 Å². The summed E-state index contributed by atoms with van der Waals surface area (Å²) in [6.45, 7) is -0.190. The van der Waals surface area contributed by atoms with Gasteiger partial charge in [0.15, 0.2) is 44.0 Å². The van der Waals surface area contributed by atoms with Crippen molar-refractivity contribution < 1.29 is 222 Å². The molecule has 0 bridgehead atoms. The van der Waals surface area contributed by atoms with Crippen molar-refractivity contribution in [3.05, 3.63) is 24.3 Å². The van der Waals surface area contributed by atoms with E-state index in [9.17, 15) is 147 Å². The number of hydrogen-bond acceptors (Lipinski definition) is 44. The van der Waals surface area contributed by atoms with Crippen LogP contribution in [0.5, 0.6) is 0 Å². The van der Waals surface area contributed by atoms with Gasteiger partial charge in [-0.1, -0.05) is 205 Å². The Balaban J connectivity index is 0.954. The monoisotopic (exact) mass is 2170 g/mol. The van der Waals surface area contributed by atoms with Crippen molar-refractivity contribution in [3.8, 4) is 0 Å². The highest BCUT2D eigenvalue weighted by molar-refractivity contribution is 5.77. The number of rotatable bonds is 68. The zero-order valence-corrected chi connectivity index (χ0v) is 87.3. The lowest BCUT2D eigenvalue weighted by Gasteiger charge is -2.52. The van der Waals surface area contributed by atoms with E-state index in [1.54, 1.807) is 6.08 Å². The number of amides is 4. The average molecular weight is 2170 g/mol. The molecule has 43 atom stereocenters. The van der Waals surface area contributed by atoms with Crippen LogP contribution in [0.15, 0.2) is 24.3 Å². The fourth-order valence-electron chi connectivity index (χ4n) is 20.2.